The van der Waals surface area contributed by atoms with Crippen molar-refractivity contribution in [3.63, 3.8) is 0 Å². The molecule has 0 saturated carbocycles. The summed E-state index contributed by atoms with van der Waals surface area (Å²) in [6, 6.07) is 3.95. The molecule has 0 aliphatic carbocycles. The van der Waals surface area contributed by atoms with Crippen molar-refractivity contribution in [1.29, 1.82) is 0 Å². The summed E-state index contributed by atoms with van der Waals surface area (Å²) in [6.07, 6.45) is 0. The molecular formula is C15H23F2NO. The van der Waals surface area contributed by atoms with Crippen LogP contribution in [0.25, 0.3) is 0 Å². The molecule has 0 amide bonds. The minimum Gasteiger partial charge on any atom is -0.490 e. The quantitative estimate of drug-likeness (QED) is 0.880. The largest absolute Gasteiger partial charge is 0.490 e. The highest BCUT2D eigenvalue weighted by Crippen LogP contribution is 2.23. The lowest BCUT2D eigenvalue weighted by Gasteiger charge is -2.30. The Morgan fingerprint density at radius 3 is 2.32 bits per heavy atom. The third-order valence-electron chi connectivity index (χ3n) is 2.63. The number of halogens is 2. The first kappa shape index (κ1) is 15.9. The van der Waals surface area contributed by atoms with Crippen LogP contribution in [0.1, 0.15) is 34.6 Å². The summed E-state index contributed by atoms with van der Waals surface area (Å²) < 4.78 is 31.9. The second-order valence-electron chi connectivity index (χ2n) is 6.61. The summed E-state index contributed by atoms with van der Waals surface area (Å²) in [6.45, 7) is 11.3. The smallest absolute Gasteiger partial charge is 0.200 e. The first-order valence-electron chi connectivity index (χ1n) is 6.43. The molecule has 1 aromatic carbocycles. The number of hydrogen-bond acceptors (Lipinski definition) is 2. The van der Waals surface area contributed by atoms with E-state index in [0.717, 1.165) is 12.6 Å². The molecule has 0 bridgehead atoms. The lowest BCUT2D eigenvalue weighted by atomic mass is 9.93. The Labute approximate surface area is 114 Å². The maximum Gasteiger partial charge on any atom is 0.200 e. The molecular weight excluding hydrogens is 248 g/mol. The van der Waals surface area contributed by atoms with Crippen molar-refractivity contribution in [2.24, 2.45) is 5.41 Å². The van der Waals surface area contributed by atoms with Crippen molar-refractivity contribution in [2.75, 3.05) is 13.2 Å². The van der Waals surface area contributed by atoms with Crippen molar-refractivity contribution in [1.82, 2.24) is 5.32 Å². The number of hydrogen-bond donors (Lipinski definition) is 1. The third-order valence-corrected chi connectivity index (χ3v) is 2.63. The molecule has 0 aromatic heterocycles. The van der Waals surface area contributed by atoms with Crippen molar-refractivity contribution in [2.45, 2.75) is 40.2 Å². The van der Waals surface area contributed by atoms with Gasteiger partial charge in [0.1, 0.15) is 0 Å². The van der Waals surface area contributed by atoms with Crippen LogP contribution in [0.3, 0.4) is 0 Å². The summed E-state index contributed by atoms with van der Waals surface area (Å²) in [7, 11) is 0. The van der Waals surface area contributed by atoms with Gasteiger partial charge in [-0.2, -0.15) is 4.39 Å². The zero-order valence-corrected chi connectivity index (χ0v) is 12.3. The molecule has 0 atom stereocenters. The molecule has 0 spiro atoms. The van der Waals surface area contributed by atoms with Gasteiger partial charge in [-0.1, -0.05) is 19.9 Å². The van der Waals surface area contributed by atoms with E-state index in [1.165, 1.54) is 12.1 Å². The molecule has 0 saturated heterocycles. The van der Waals surface area contributed by atoms with Crippen molar-refractivity contribution in [3.05, 3.63) is 29.8 Å². The number of ether oxygens (including phenoxy) is 1. The molecule has 2 nitrogen and oxygen atoms in total. The molecule has 1 aromatic rings. The molecule has 0 aliphatic heterocycles. The summed E-state index contributed by atoms with van der Waals surface area (Å²) >= 11 is 0. The van der Waals surface area contributed by atoms with E-state index in [9.17, 15) is 8.78 Å². The van der Waals surface area contributed by atoms with Crippen LogP contribution >= 0.6 is 0 Å². The molecule has 0 heterocycles. The monoisotopic (exact) mass is 271 g/mol. The van der Waals surface area contributed by atoms with Crippen molar-refractivity contribution >= 4 is 0 Å². The zero-order chi connectivity index (χ0) is 14.7. The summed E-state index contributed by atoms with van der Waals surface area (Å²) in [5.74, 6) is -1.85. The topological polar surface area (TPSA) is 21.3 Å². The Hall–Kier alpha value is -1.16. The van der Waals surface area contributed by atoms with E-state index < -0.39 is 11.6 Å². The molecule has 0 radical (unpaired) electrons. The van der Waals surface area contributed by atoms with Crippen LogP contribution in [0.2, 0.25) is 0 Å². The Morgan fingerprint density at radius 1 is 1.11 bits per heavy atom. The third kappa shape index (κ3) is 5.55. The molecule has 0 unspecified atom stereocenters. The zero-order valence-electron chi connectivity index (χ0n) is 12.3. The number of nitrogens with one attached hydrogen (secondary N) is 1. The van der Waals surface area contributed by atoms with Gasteiger partial charge in [-0.05, 0) is 32.9 Å². The predicted octanol–water partition coefficient (Wildman–Crippen LogP) is 3.76. The van der Waals surface area contributed by atoms with Crippen LogP contribution in [-0.2, 0) is 0 Å². The van der Waals surface area contributed by atoms with Crippen LogP contribution in [0.15, 0.2) is 18.2 Å². The fraction of sp³-hybridized carbons (Fsp3) is 0.600. The molecule has 0 fully saturated rings. The van der Waals surface area contributed by atoms with Crippen LogP contribution in [0.4, 0.5) is 8.78 Å². The Balaban J connectivity index is 2.57. The molecule has 1 N–H and O–H groups in total. The summed E-state index contributed by atoms with van der Waals surface area (Å²) in [5.41, 5.74) is -0.159. The predicted molar refractivity (Wildman–Crippen MR) is 73.4 cm³/mol. The van der Waals surface area contributed by atoms with Gasteiger partial charge in [-0.25, -0.2) is 4.39 Å². The van der Waals surface area contributed by atoms with E-state index in [0.29, 0.717) is 6.61 Å². The van der Waals surface area contributed by atoms with Crippen molar-refractivity contribution < 1.29 is 13.5 Å². The van der Waals surface area contributed by atoms with Crippen LogP contribution < -0.4 is 10.1 Å². The average molecular weight is 271 g/mol. The highest BCUT2D eigenvalue weighted by Gasteiger charge is 2.22. The van der Waals surface area contributed by atoms with E-state index in [1.807, 2.05) is 13.8 Å². The van der Waals surface area contributed by atoms with Gasteiger partial charge in [0.2, 0.25) is 5.82 Å². The van der Waals surface area contributed by atoms with Gasteiger partial charge in [0.15, 0.2) is 11.6 Å². The lowest BCUT2D eigenvalue weighted by Crippen LogP contribution is -2.43. The van der Waals surface area contributed by atoms with Gasteiger partial charge in [-0.3, -0.25) is 0 Å². The maximum absolute atomic E-state index is 13.4. The molecule has 19 heavy (non-hydrogen) atoms. The number of rotatable bonds is 5. The van der Waals surface area contributed by atoms with Gasteiger partial charge < -0.3 is 10.1 Å². The van der Waals surface area contributed by atoms with Crippen molar-refractivity contribution in [3.8, 4) is 5.75 Å². The lowest BCUT2D eigenvalue weighted by molar-refractivity contribution is 0.160. The van der Waals surface area contributed by atoms with Gasteiger partial charge in [0.25, 0.3) is 0 Å². The fourth-order valence-electron chi connectivity index (χ4n) is 1.42. The first-order chi connectivity index (χ1) is 8.61. The summed E-state index contributed by atoms with van der Waals surface area (Å²) in [5, 5.41) is 3.38. The van der Waals surface area contributed by atoms with E-state index in [-0.39, 0.29) is 16.7 Å². The second-order valence-corrected chi connectivity index (χ2v) is 6.61. The van der Waals surface area contributed by atoms with Crippen LogP contribution in [0, 0.1) is 17.0 Å². The van der Waals surface area contributed by atoms with Gasteiger partial charge in [0, 0.05) is 17.5 Å². The highest BCUT2D eigenvalue weighted by molar-refractivity contribution is 5.25. The Morgan fingerprint density at radius 2 is 1.74 bits per heavy atom. The van der Waals surface area contributed by atoms with E-state index in [2.05, 4.69) is 26.1 Å². The van der Waals surface area contributed by atoms with Crippen LogP contribution in [-0.4, -0.2) is 18.7 Å². The Bertz CT molecular complexity index is 425. The Kier molecular flexibility index (Phi) is 4.91. The standard InChI is InChI=1S/C15H23F2NO/c1-14(2,3)18-9-15(4,5)10-19-12-8-6-7-11(16)13(12)17/h6-8,18H,9-10H2,1-5H3. The second kappa shape index (κ2) is 5.87. The minimum atomic E-state index is -0.929. The SMILES string of the molecule is CC(C)(CNC(C)(C)C)COc1cccc(F)c1F. The highest BCUT2D eigenvalue weighted by atomic mass is 19.2. The molecule has 4 heteroatoms. The fourth-order valence-corrected chi connectivity index (χ4v) is 1.42. The van der Waals surface area contributed by atoms with E-state index in [4.69, 9.17) is 4.74 Å². The molecule has 1 rings (SSSR count). The summed E-state index contributed by atoms with van der Waals surface area (Å²) in [4.78, 5) is 0. The first-order valence-corrected chi connectivity index (χ1v) is 6.43. The van der Waals surface area contributed by atoms with Gasteiger partial charge >= 0.3 is 0 Å². The van der Waals surface area contributed by atoms with Gasteiger partial charge in [-0.15, -0.1) is 0 Å². The maximum atomic E-state index is 13.4. The molecule has 0 aliphatic rings. The minimum absolute atomic E-state index is 0.0153. The number of benzene rings is 1. The average Bonchev–Trinajstić information content (AvgIpc) is 2.28. The van der Waals surface area contributed by atoms with E-state index >= 15 is 0 Å². The van der Waals surface area contributed by atoms with Gasteiger partial charge in [0.05, 0.1) is 6.61 Å². The van der Waals surface area contributed by atoms with Crippen LogP contribution in [0.5, 0.6) is 5.75 Å². The molecule has 108 valence electrons. The normalized spacial score (nSPS) is 12.6. The van der Waals surface area contributed by atoms with E-state index in [1.54, 1.807) is 0 Å².